The predicted octanol–water partition coefficient (Wildman–Crippen LogP) is 1.88. The van der Waals surface area contributed by atoms with E-state index in [1.54, 1.807) is 0 Å². The Labute approximate surface area is 157 Å². The van der Waals surface area contributed by atoms with Crippen molar-refractivity contribution in [2.75, 3.05) is 33.7 Å². The number of carbonyl (C=O) groups excluding carboxylic acids is 1. The number of rotatable bonds is 8. The van der Waals surface area contributed by atoms with E-state index in [4.69, 9.17) is 5.11 Å². The Balaban J connectivity index is 1.74. The smallest absolute Gasteiger partial charge is 0.317 e. The lowest BCUT2D eigenvalue weighted by Crippen LogP contribution is -2.58. The van der Waals surface area contributed by atoms with Gasteiger partial charge in [-0.25, -0.2) is 4.79 Å². The van der Waals surface area contributed by atoms with Gasteiger partial charge in [-0.05, 0) is 46.3 Å². The summed E-state index contributed by atoms with van der Waals surface area (Å²) in [6.45, 7) is 3.46. The molecule has 0 radical (unpaired) electrons. The third kappa shape index (κ3) is 5.58. The van der Waals surface area contributed by atoms with Crippen LogP contribution in [-0.4, -0.2) is 78.3 Å². The van der Waals surface area contributed by atoms with E-state index in [2.05, 4.69) is 29.6 Å². The SMILES string of the molecule is CCN(CC(=O)O)C1CC(NC(=O)NCC2(N(C)C)CCCCCC2)C1. The molecule has 2 amide bonds. The Morgan fingerprint density at radius 3 is 2.23 bits per heavy atom. The molecule has 0 aromatic rings. The van der Waals surface area contributed by atoms with Crippen molar-refractivity contribution in [3.63, 3.8) is 0 Å². The summed E-state index contributed by atoms with van der Waals surface area (Å²) in [7, 11) is 4.23. The monoisotopic (exact) mass is 368 g/mol. The molecule has 2 saturated carbocycles. The molecule has 0 heterocycles. The van der Waals surface area contributed by atoms with Gasteiger partial charge in [0.25, 0.3) is 0 Å². The quantitative estimate of drug-likeness (QED) is 0.570. The fraction of sp³-hybridized carbons (Fsp3) is 0.895. The summed E-state index contributed by atoms with van der Waals surface area (Å²) in [5.74, 6) is -0.793. The van der Waals surface area contributed by atoms with Gasteiger partial charge in [0.15, 0.2) is 0 Å². The number of hydrogen-bond acceptors (Lipinski definition) is 4. The van der Waals surface area contributed by atoms with Crippen LogP contribution < -0.4 is 10.6 Å². The van der Waals surface area contributed by atoms with Gasteiger partial charge in [-0.1, -0.05) is 32.6 Å². The maximum atomic E-state index is 12.3. The molecule has 7 nitrogen and oxygen atoms in total. The van der Waals surface area contributed by atoms with Crippen LogP contribution in [0.2, 0.25) is 0 Å². The number of amides is 2. The lowest BCUT2D eigenvalue weighted by Gasteiger charge is -2.43. The molecule has 0 spiro atoms. The maximum absolute atomic E-state index is 12.3. The molecule has 2 rings (SSSR count). The van der Waals surface area contributed by atoms with E-state index < -0.39 is 5.97 Å². The fourth-order valence-electron chi connectivity index (χ4n) is 4.33. The van der Waals surface area contributed by atoms with E-state index in [-0.39, 0.29) is 30.2 Å². The van der Waals surface area contributed by atoms with Crippen molar-refractivity contribution in [1.29, 1.82) is 0 Å². The first-order chi connectivity index (χ1) is 12.4. The normalized spacial score (nSPS) is 25.4. The molecule has 150 valence electrons. The molecule has 2 fully saturated rings. The van der Waals surface area contributed by atoms with Gasteiger partial charge in [0.05, 0.1) is 6.54 Å². The first-order valence-electron chi connectivity index (χ1n) is 10.0. The number of carboxylic acids is 1. The minimum absolute atomic E-state index is 0.0660. The minimum atomic E-state index is -0.793. The highest BCUT2D eigenvalue weighted by molar-refractivity contribution is 5.74. The number of urea groups is 1. The first-order valence-corrected chi connectivity index (χ1v) is 10.0. The van der Waals surface area contributed by atoms with Gasteiger partial charge in [0.2, 0.25) is 0 Å². The summed E-state index contributed by atoms with van der Waals surface area (Å²) in [5.41, 5.74) is 0.0660. The third-order valence-electron chi connectivity index (χ3n) is 6.27. The number of aliphatic carboxylic acids is 1. The zero-order chi connectivity index (χ0) is 19.2. The molecule has 7 heteroatoms. The van der Waals surface area contributed by atoms with Crippen molar-refractivity contribution in [3.8, 4) is 0 Å². The van der Waals surface area contributed by atoms with Gasteiger partial charge in [-0.15, -0.1) is 0 Å². The highest BCUT2D eigenvalue weighted by Gasteiger charge is 2.36. The largest absolute Gasteiger partial charge is 0.480 e. The zero-order valence-electron chi connectivity index (χ0n) is 16.6. The van der Waals surface area contributed by atoms with Crippen LogP contribution in [0.15, 0.2) is 0 Å². The van der Waals surface area contributed by atoms with E-state index in [1.165, 1.54) is 25.7 Å². The number of nitrogens with one attached hydrogen (secondary N) is 2. The molecule has 0 bridgehead atoms. The Morgan fingerprint density at radius 2 is 1.73 bits per heavy atom. The summed E-state index contributed by atoms with van der Waals surface area (Å²) in [4.78, 5) is 27.5. The van der Waals surface area contributed by atoms with Crippen molar-refractivity contribution in [2.24, 2.45) is 0 Å². The van der Waals surface area contributed by atoms with Crippen molar-refractivity contribution in [2.45, 2.75) is 75.9 Å². The Kier molecular flexibility index (Phi) is 7.70. The van der Waals surface area contributed by atoms with Crippen LogP contribution in [0, 0.1) is 0 Å². The van der Waals surface area contributed by atoms with Gasteiger partial charge in [0, 0.05) is 24.2 Å². The second kappa shape index (κ2) is 9.55. The summed E-state index contributed by atoms with van der Waals surface area (Å²) < 4.78 is 0. The average Bonchev–Trinajstić information content (AvgIpc) is 2.80. The lowest BCUT2D eigenvalue weighted by molar-refractivity contribution is -0.139. The molecule has 0 aromatic carbocycles. The highest BCUT2D eigenvalue weighted by Crippen LogP contribution is 2.30. The topological polar surface area (TPSA) is 84.9 Å². The first kappa shape index (κ1) is 21.0. The van der Waals surface area contributed by atoms with E-state index in [0.717, 1.165) is 32.2 Å². The van der Waals surface area contributed by atoms with Gasteiger partial charge < -0.3 is 20.6 Å². The molecular formula is C19H36N4O3. The Morgan fingerprint density at radius 1 is 1.12 bits per heavy atom. The molecule has 0 aliphatic heterocycles. The van der Waals surface area contributed by atoms with E-state index in [1.807, 2.05) is 11.8 Å². The molecule has 26 heavy (non-hydrogen) atoms. The molecule has 2 aliphatic carbocycles. The zero-order valence-corrected chi connectivity index (χ0v) is 16.6. The lowest BCUT2D eigenvalue weighted by atomic mass is 9.85. The summed E-state index contributed by atoms with van der Waals surface area (Å²) in [5, 5.41) is 15.1. The van der Waals surface area contributed by atoms with Crippen molar-refractivity contribution in [3.05, 3.63) is 0 Å². The van der Waals surface area contributed by atoms with Crippen molar-refractivity contribution >= 4 is 12.0 Å². The average molecular weight is 369 g/mol. The molecule has 2 aliphatic rings. The summed E-state index contributed by atoms with van der Waals surface area (Å²) in [6, 6.07) is 0.309. The number of carboxylic acid groups (broad SMARTS) is 1. The number of carbonyl (C=O) groups is 2. The van der Waals surface area contributed by atoms with Crippen molar-refractivity contribution in [1.82, 2.24) is 20.4 Å². The van der Waals surface area contributed by atoms with Crippen LogP contribution in [-0.2, 0) is 4.79 Å². The number of nitrogens with zero attached hydrogens (tertiary/aromatic N) is 2. The van der Waals surface area contributed by atoms with Crippen molar-refractivity contribution < 1.29 is 14.7 Å². The Bertz CT molecular complexity index is 469. The summed E-state index contributed by atoms with van der Waals surface area (Å²) >= 11 is 0. The standard InChI is InChI=1S/C19H36N4O3/c1-4-23(13-17(24)25)16-11-15(12-16)21-18(26)20-14-19(22(2)3)9-7-5-6-8-10-19/h15-16H,4-14H2,1-3H3,(H,24,25)(H2,20,21,26). The number of likely N-dealkylation sites (N-methyl/N-ethyl adjacent to an activating group) is 2. The molecule has 0 atom stereocenters. The second-order valence-corrected chi connectivity index (χ2v) is 8.14. The molecular weight excluding hydrogens is 332 g/mol. The molecule has 3 N–H and O–H groups in total. The second-order valence-electron chi connectivity index (χ2n) is 8.14. The maximum Gasteiger partial charge on any atom is 0.317 e. The highest BCUT2D eigenvalue weighted by atomic mass is 16.4. The Hall–Kier alpha value is -1.34. The van der Waals surface area contributed by atoms with Crippen LogP contribution in [0.25, 0.3) is 0 Å². The van der Waals surface area contributed by atoms with Gasteiger partial charge in [-0.2, -0.15) is 0 Å². The van der Waals surface area contributed by atoms with E-state index in [9.17, 15) is 9.59 Å². The van der Waals surface area contributed by atoms with E-state index >= 15 is 0 Å². The molecule has 0 aromatic heterocycles. The predicted molar refractivity (Wildman–Crippen MR) is 102 cm³/mol. The fourth-order valence-corrected chi connectivity index (χ4v) is 4.33. The van der Waals surface area contributed by atoms with E-state index in [0.29, 0.717) is 6.54 Å². The number of hydrogen-bond donors (Lipinski definition) is 3. The van der Waals surface area contributed by atoms with Crippen LogP contribution in [0.5, 0.6) is 0 Å². The minimum Gasteiger partial charge on any atom is -0.480 e. The van der Waals surface area contributed by atoms with Crippen LogP contribution >= 0.6 is 0 Å². The van der Waals surface area contributed by atoms with Crippen LogP contribution in [0.3, 0.4) is 0 Å². The van der Waals surface area contributed by atoms with Gasteiger partial charge >= 0.3 is 12.0 Å². The van der Waals surface area contributed by atoms with Crippen LogP contribution in [0.4, 0.5) is 4.79 Å². The molecule has 0 unspecified atom stereocenters. The third-order valence-corrected chi connectivity index (χ3v) is 6.27. The molecule has 0 saturated heterocycles. The summed E-state index contributed by atoms with van der Waals surface area (Å²) in [6.07, 6.45) is 8.94. The van der Waals surface area contributed by atoms with Gasteiger partial charge in [0.1, 0.15) is 0 Å². The van der Waals surface area contributed by atoms with Crippen LogP contribution in [0.1, 0.15) is 58.3 Å². The van der Waals surface area contributed by atoms with Gasteiger partial charge in [-0.3, -0.25) is 9.69 Å².